The van der Waals surface area contributed by atoms with E-state index in [0.29, 0.717) is 5.56 Å². The second kappa shape index (κ2) is 12.4. The Balaban J connectivity index is 2.02. The van der Waals surface area contributed by atoms with Crippen molar-refractivity contribution in [3.63, 3.8) is 0 Å². The van der Waals surface area contributed by atoms with Crippen LogP contribution in [0.25, 0.3) is 10.9 Å². The summed E-state index contributed by atoms with van der Waals surface area (Å²) in [5.41, 5.74) is -7.84. The number of anilines is 1. The maximum absolute atomic E-state index is 15.7. The van der Waals surface area contributed by atoms with Crippen molar-refractivity contribution in [2.75, 3.05) is 4.72 Å². The molecule has 51 heavy (non-hydrogen) atoms. The van der Waals surface area contributed by atoms with Gasteiger partial charge in [0.15, 0.2) is 7.14 Å². The van der Waals surface area contributed by atoms with Crippen LogP contribution in [0.5, 0.6) is 0 Å². The molecule has 1 N–H and O–H groups in total. The number of benzene rings is 4. The molecule has 0 aliphatic carbocycles. The monoisotopic (exact) mass is 772 g/mol. The number of fused-ring (bicyclic) bond motifs is 1. The van der Waals surface area contributed by atoms with Gasteiger partial charge in [0.2, 0.25) is 0 Å². The fourth-order valence-corrected chi connectivity index (χ4v) is 9.67. The lowest BCUT2D eigenvalue weighted by atomic mass is 10.1. The molecule has 1 aromatic heterocycles. The van der Waals surface area contributed by atoms with E-state index < -0.39 is 90.8 Å². The van der Waals surface area contributed by atoms with E-state index in [1.54, 1.807) is 6.92 Å². The summed E-state index contributed by atoms with van der Waals surface area (Å²) in [4.78, 5) is -0.448. The summed E-state index contributed by atoms with van der Waals surface area (Å²) in [5, 5.41) is -4.31. The lowest BCUT2D eigenvalue weighted by Gasteiger charge is -2.25. The summed E-state index contributed by atoms with van der Waals surface area (Å²) in [6.07, 6.45) is -22.4. The molecular formula is C32H21F12N2O3PS. The van der Waals surface area contributed by atoms with Gasteiger partial charge < -0.3 is 9.13 Å². The highest BCUT2D eigenvalue weighted by Crippen LogP contribution is 2.51. The van der Waals surface area contributed by atoms with Crippen molar-refractivity contribution in [2.45, 2.75) is 36.5 Å². The second-order valence-corrected chi connectivity index (χ2v) is 15.7. The third-order valence-electron chi connectivity index (χ3n) is 7.83. The first-order valence-corrected chi connectivity index (χ1v) is 17.3. The van der Waals surface area contributed by atoms with E-state index in [4.69, 9.17) is 0 Å². The van der Waals surface area contributed by atoms with Gasteiger partial charge in [-0.15, -0.1) is 0 Å². The fraction of sp³-hybridized carbons (Fsp3) is 0.188. The first kappa shape index (κ1) is 37.8. The number of sulfonamides is 1. The van der Waals surface area contributed by atoms with Crippen molar-refractivity contribution in [1.82, 2.24) is 4.57 Å². The minimum Gasteiger partial charge on any atom is -0.329 e. The first-order valence-electron chi connectivity index (χ1n) is 14.1. The lowest BCUT2D eigenvalue weighted by molar-refractivity contribution is -0.144. The Labute approximate surface area is 280 Å². The maximum Gasteiger partial charge on any atom is 0.416 e. The molecule has 1 heterocycles. The minimum absolute atomic E-state index is 0.0798. The third-order valence-corrected chi connectivity index (χ3v) is 12.2. The van der Waals surface area contributed by atoms with Crippen molar-refractivity contribution < 1.29 is 65.7 Å². The predicted octanol–water partition coefficient (Wildman–Crippen LogP) is 9.00. The number of para-hydroxylation sites is 1. The van der Waals surface area contributed by atoms with Crippen molar-refractivity contribution in [3.05, 3.63) is 113 Å². The van der Waals surface area contributed by atoms with Crippen molar-refractivity contribution in [2.24, 2.45) is 7.05 Å². The van der Waals surface area contributed by atoms with Crippen molar-refractivity contribution in [3.8, 4) is 0 Å². The van der Waals surface area contributed by atoms with Gasteiger partial charge in [-0.3, -0.25) is 4.72 Å². The highest BCUT2D eigenvalue weighted by Gasteiger charge is 2.45. The number of aromatic nitrogens is 1. The molecule has 0 bridgehead atoms. The molecule has 0 aliphatic heterocycles. The van der Waals surface area contributed by atoms with Crippen LogP contribution < -0.4 is 20.6 Å². The van der Waals surface area contributed by atoms with E-state index in [1.165, 1.54) is 30.3 Å². The highest BCUT2D eigenvalue weighted by molar-refractivity contribution is 7.93. The van der Waals surface area contributed by atoms with E-state index in [0.717, 1.165) is 29.8 Å². The Morgan fingerprint density at radius 2 is 1.00 bits per heavy atom. The van der Waals surface area contributed by atoms with Crippen LogP contribution in [0.1, 0.15) is 27.8 Å². The van der Waals surface area contributed by atoms with Gasteiger partial charge in [-0.25, -0.2) is 8.42 Å². The number of hydrogen-bond acceptors (Lipinski definition) is 3. The molecule has 0 saturated carbocycles. The molecule has 0 atom stereocenters. The van der Waals surface area contributed by atoms with E-state index in [1.807, 2.05) is 0 Å². The molecule has 0 unspecified atom stereocenters. The van der Waals surface area contributed by atoms with Crippen LogP contribution in [0.2, 0.25) is 0 Å². The number of nitrogens with zero attached hydrogens (tertiary/aromatic N) is 1. The molecule has 5 nitrogen and oxygen atoms in total. The number of alkyl halides is 12. The van der Waals surface area contributed by atoms with Gasteiger partial charge in [0, 0.05) is 23.0 Å². The highest BCUT2D eigenvalue weighted by atomic mass is 32.2. The average Bonchev–Trinajstić information content (AvgIpc) is 3.29. The second-order valence-electron chi connectivity index (χ2n) is 11.3. The standard InChI is InChI=1S/C32H21F12N2O3PS/c1-17-7-9-24(10-8-17)51(48,49)45-28-27(25-5-3-4-6-26(25)46(28)2)50(47,22-13-18(29(33,34)35)11-19(14-22)30(36,37)38)23-15-20(31(39,40)41)12-21(16-23)32(42,43)44/h3-16,45H,1-2H3. The van der Waals surface area contributed by atoms with Crippen molar-refractivity contribution >= 4 is 49.8 Å². The van der Waals surface area contributed by atoms with Crippen molar-refractivity contribution in [1.29, 1.82) is 0 Å². The molecule has 4 aromatic carbocycles. The van der Waals surface area contributed by atoms with E-state index in [2.05, 4.69) is 4.72 Å². The van der Waals surface area contributed by atoms with Gasteiger partial charge >= 0.3 is 24.7 Å². The minimum atomic E-state index is -5.86. The number of nitrogens with one attached hydrogen (secondary N) is 1. The van der Waals surface area contributed by atoms with Crippen LogP contribution >= 0.6 is 7.14 Å². The molecule has 5 rings (SSSR count). The number of hydrogen-bond donors (Lipinski definition) is 1. The van der Waals surface area contributed by atoms with Crippen LogP contribution in [0, 0.1) is 6.92 Å². The Kier molecular flexibility index (Phi) is 9.16. The fourth-order valence-electron chi connectivity index (χ4n) is 5.36. The van der Waals surface area contributed by atoms with E-state index in [-0.39, 0.29) is 47.3 Å². The van der Waals surface area contributed by atoms with Crippen LogP contribution in [-0.2, 0) is 46.3 Å². The van der Waals surface area contributed by atoms with Crippen LogP contribution in [0.3, 0.4) is 0 Å². The zero-order valence-corrected chi connectivity index (χ0v) is 27.4. The molecule has 5 aromatic rings. The van der Waals surface area contributed by atoms with Gasteiger partial charge in [0.05, 0.1) is 38.0 Å². The first-order chi connectivity index (χ1) is 23.2. The van der Waals surface area contributed by atoms with Gasteiger partial charge in [-0.2, -0.15) is 52.7 Å². The average molecular weight is 773 g/mol. The van der Waals surface area contributed by atoms with Crippen LogP contribution in [-0.4, -0.2) is 13.0 Å². The van der Waals surface area contributed by atoms with E-state index in [9.17, 15) is 61.1 Å². The summed E-state index contributed by atoms with van der Waals surface area (Å²) in [6, 6.07) is 8.79. The topological polar surface area (TPSA) is 68.2 Å². The summed E-state index contributed by atoms with van der Waals surface area (Å²) in [7, 11) is -9.51. The van der Waals surface area contributed by atoms with Gasteiger partial charge in [0.1, 0.15) is 5.82 Å². The summed E-state index contributed by atoms with van der Waals surface area (Å²) < 4.78 is 215. The Bertz CT molecular complexity index is 2160. The van der Waals surface area contributed by atoms with Gasteiger partial charge in [0.25, 0.3) is 10.0 Å². The maximum atomic E-state index is 15.7. The summed E-state index contributed by atoms with van der Waals surface area (Å²) >= 11 is 0. The lowest BCUT2D eigenvalue weighted by Crippen LogP contribution is -2.31. The zero-order chi connectivity index (χ0) is 38.1. The number of rotatable bonds is 6. The molecular weight excluding hydrogens is 751 g/mol. The smallest absolute Gasteiger partial charge is 0.329 e. The van der Waals surface area contributed by atoms with Crippen LogP contribution in [0.15, 0.2) is 89.8 Å². The van der Waals surface area contributed by atoms with Gasteiger partial charge in [-0.05, 0) is 61.5 Å². The Morgan fingerprint density at radius 3 is 1.39 bits per heavy atom. The Morgan fingerprint density at radius 1 is 0.608 bits per heavy atom. The molecule has 0 saturated heterocycles. The molecule has 19 heteroatoms. The SMILES string of the molecule is Cc1ccc(S(=O)(=O)Nc2c(P(=O)(c3cc(C(F)(F)F)cc(C(F)(F)F)c3)c3cc(C(F)(F)F)cc(C(F)(F)F)c3)c3ccccc3n2C)cc1. The van der Waals surface area contributed by atoms with E-state index >= 15 is 4.57 Å². The van der Waals surface area contributed by atoms with Gasteiger partial charge in [-0.1, -0.05) is 35.9 Å². The molecule has 272 valence electrons. The predicted molar refractivity (Wildman–Crippen MR) is 164 cm³/mol. The zero-order valence-electron chi connectivity index (χ0n) is 25.6. The summed E-state index contributed by atoms with van der Waals surface area (Å²) in [6.45, 7) is 1.61. The molecule has 0 amide bonds. The molecule has 0 spiro atoms. The third kappa shape index (κ3) is 7.20. The largest absolute Gasteiger partial charge is 0.416 e. The van der Waals surface area contributed by atoms with Crippen LogP contribution in [0.4, 0.5) is 58.5 Å². The number of aryl methyl sites for hydroxylation is 2. The molecule has 0 fully saturated rings. The molecule has 0 radical (unpaired) electrons. The number of halogens is 12. The normalized spacial score (nSPS) is 13.5. The molecule has 0 aliphatic rings. The quantitative estimate of drug-likeness (QED) is 0.139. The summed E-state index contributed by atoms with van der Waals surface area (Å²) in [5.74, 6) is -0.822. The Hall–Kier alpha value is -4.44.